The first-order valence-corrected chi connectivity index (χ1v) is 25.6. The molecule has 0 spiro atoms. The van der Waals surface area contributed by atoms with Crippen LogP contribution in [0, 0.1) is 0 Å². The first-order chi connectivity index (χ1) is 34.4. The minimum absolute atomic E-state index is 0.0932. The predicted molar refractivity (Wildman–Crippen MR) is 300 cm³/mol. The zero-order valence-electron chi connectivity index (χ0n) is 41.7. The molecule has 3 aliphatic carbocycles. The van der Waals surface area contributed by atoms with Gasteiger partial charge in [0.2, 0.25) is 0 Å². The molecule has 3 aliphatic rings. The molecule has 1 nitrogen and oxygen atoms in total. The summed E-state index contributed by atoms with van der Waals surface area (Å²) in [6.45, 7) is 14.7. The van der Waals surface area contributed by atoms with Gasteiger partial charge in [0.05, 0.1) is 5.41 Å². The maximum Gasteiger partial charge on any atom is 0.0714 e. The molecule has 71 heavy (non-hydrogen) atoms. The van der Waals surface area contributed by atoms with E-state index in [9.17, 15) is 0 Å². The molecule has 0 unspecified atom stereocenters. The van der Waals surface area contributed by atoms with Crippen molar-refractivity contribution in [3.8, 4) is 44.5 Å². The highest BCUT2D eigenvalue weighted by molar-refractivity contribution is 5.98. The van der Waals surface area contributed by atoms with E-state index in [1.807, 2.05) is 0 Å². The SMILES string of the molecule is CC1(C)CCC(C)(C)c2cc3c(cc21)-c1c(-c2ccc4cc(N(c5ccc(-c6ccccc6)cc5)c5ccc6c(c5)C(c5ccccc5)(c5ccccc5)c5ccccc5-6)ccc4c2)cccc1C3(C)C. The van der Waals surface area contributed by atoms with Crippen LogP contribution in [0.1, 0.15) is 98.9 Å². The number of rotatable bonds is 7. The van der Waals surface area contributed by atoms with E-state index in [1.165, 1.54) is 113 Å². The van der Waals surface area contributed by atoms with Gasteiger partial charge >= 0.3 is 0 Å². The van der Waals surface area contributed by atoms with Gasteiger partial charge in [-0.15, -0.1) is 0 Å². The monoisotopic (exact) mass is 913 g/mol. The van der Waals surface area contributed by atoms with E-state index >= 15 is 0 Å². The van der Waals surface area contributed by atoms with Gasteiger partial charge in [-0.1, -0.05) is 217 Å². The molecule has 0 bridgehead atoms. The summed E-state index contributed by atoms with van der Waals surface area (Å²) in [6, 6.07) is 84.6. The van der Waals surface area contributed by atoms with Gasteiger partial charge in [0, 0.05) is 22.5 Å². The normalized spacial score (nSPS) is 16.1. The molecule has 13 rings (SSSR count). The minimum Gasteiger partial charge on any atom is -0.310 e. The molecule has 0 saturated heterocycles. The lowest BCUT2D eigenvalue weighted by atomic mass is 9.62. The van der Waals surface area contributed by atoms with E-state index in [0.717, 1.165) is 17.1 Å². The summed E-state index contributed by atoms with van der Waals surface area (Å²) in [7, 11) is 0. The Hall–Kier alpha value is -7.74. The van der Waals surface area contributed by atoms with E-state index in [2.05, 4.69) is 271 Å². The van der Waals surface area contributed by atoms with Gasteiger partial charge in [-0.25, -0.2) is 0 Å². The molecule has 0 fully saturated rings. The second-order valence-corrected chi connectivity index (χ2v) is 22.3. The smallest absolute Gasteiger partial charge is 0.0714 e. The highest BCUT2D eigenvalue weighted by Crippen LogP contribution is 2.59. The molecular formula is C70H59N. The van der Waals surface area contributed by atoms with Crippen molar-refractivity contribution in [3.63, 3.8) is 0 Å². The highest BCUT2D eigenvalue weighted by Gasteiger charge is 2.47. The Morgan fingerprint density at radius 2 is 0.817 bits per heavy atom. The van der Waals surface area contributed by atoms with Crippen LogP contribution in [0.3, 0.4) is 0 Å². The van der Waals surface area contributed by atoms with Gasteiger partial charge in [0.25, 0.3) is 0 Å². The Balaban J connectivity index is 0.963. The molecule has 0 aliphatic heterocycles. The summed E-state index contributed by atoms with van der Waals surface area (Å²) < 4.78 is 0. The molecule has 344 valence electrons. The molecule has 1 heteroatoms. The quantitative estimate of drug-likeness (QED) is 0.154. The van der Waals surface area contributed by atoms with Crippen LogP contribution in [0.25, 0.3) is 55.3 Å². The molecular weight excluding hydrogens is 855 g/mol. The third kappa shape index (κ3) is 6.59. The summed E-state index contributed by atoms with van der Waals surface area (Å²) in [5, 5.41) is 2.44. The number of nitrogens with zero attached hydrogens (tertiary/aromatic N) is 1. The Kier molecular flexibility index (Phi) is 9.69. The van der Waals surface area contributed by atoms with Gasteiger partial charge in [0.1, 0.15) is 0 Å². The fourth-order valence-electron chi connectivity index (χ4n) is 13.1. The van der Waals surface area contributed by atoms with Crippen LogP contribution in [0.2, 0.25) is 0 Å². The molecule has 10 aromatic rings. The lowest BCUT2D eigenvalue weighted by molar-refractivity contribution is 0.331. The lowest BCUT2D eigenvalue weighted by Crippen LogP contribution is -2.34. The minimum atomic E-state index is -0.507. The Morgan fingerprint density at radius 1 is 0.310 bits per heavy atom. The van der Waals surface area contributed by atoms with Crippen molar-refractivity contribution in [2.45, 2.75) is 76.0 Å². The highest BCUT2D eigenvalue weighted by atomic mass is 15.1. The van der Waals surface area contributed by atoms with Crippen molar-refractivity contribution in [1.82, 2.24) is 0 Å². The summed E-state index contributed by atoms with van der Waals surface area (Å²) in [6.07, 6.45) is 2.42. The average molecular weight is 914 g/mol. The van der Waals surface area contributed by atoms with Crippen molar-refractivity contribution in [2.24, 2.45) is 0 Å². The summed E-state index contributed by atoms with van der Waals surface area (Å²) >= 11 is 0. The molecule has 0 amide bonds. The Morgan fingerprint density at radius 3 is 1.52 bits per heavy atom. The number of hydrogen-bond acceptors (Lipinski definition) is 1. The van der Waals surface area contributed by atoms with Gasteiger partial charge in [-0.05, 0) is 172 Å². The molecule has 0 aromatic heterocycles. The van der Waals surface area contributed by atoms with Crippen molar-refractivity contribution < 1.29 is 0 Å². The number of hydrogen-bond donors (Lipinski definition) is 0. The van der Waals surface area contributed by atoms with Crippen LogP contribution in [0.15, 0.2) is 224 Å². The van der Waals surface area contributed by atoms with Crippen molar-refractivity contribution in [1.29, 1.82) is 0 Å². The van der Waals surface area contributed by atoms with E-state index < -0.39 is 5.41 Å². The second kappa shape index (κ2) is 15.9. The fraction of sp³-hybridized carbons (Fsp3) is 0.171. The standard InChI is InChI=1S/C70H59N/c1-67(2)39-40-68(3,4)65-45-62-59(44-64(65)67)66-56(26-18-28-61(66)69(62,5)6)50-30-29-49-42-54(36-33-48(49)41-50)71(53-34-31-47(32-35-53)46-19-10-7-11-20-46)55-37-38-58-57-25-16-17-27-60(57)70(63(58)43-55,51-21-12-8-13-22-51)52-23-14-9-15-24-52/h7-38,41-45H,39-40H2,1-6H3. The van der Waals surface area contributed by atoms with Crippen molar-refractivity contribution in [3.05, 3.63) is 269 Å². The van der Waals surface area contributed by atoms with Crippen LogP contribution in [0.5, 0.6) is 0 Å². The molecule has 10 aromatic carbocycles. The zero-order chi connectivity index (χ0) is 48.3. The maximum atomic E-state index is 2.60. The van der Waals surface area contributed by atoms with E-state index in [4.69, 9.17) is 0 Å². The Labute approximate surface area is 420 Å². The van der Waals surface area contributed by atoms with Crippen molar-refractivity contribution in [2.75, 3.05) is 4.90 Å². The molecule has 0 radical (unpaired) electrons. The van der Waals surface area contributed by atoms with Gasteiger partial charge in [-0.2, -0.15) is 0 Å². The number of anilines is 3. The summed E-state index contributed by atoms with van der Waals surface area (Å²) in [4.78, 5) is 2.46. The first-order valence-electron chi connectivity index (χ1n) is 25.6. The largest absolute Gasteiger partial charge is 0.310 e. The van der Waals surface area contributed by atoms with Crippen molar-refractivity contribution >= 4 is 27.8 Å². The lowest BCUT2D eigenvalue weighted by Gasteiger charge is -2.42. The van der Waals surface area contributed by atoms with Crippen LogP contribution in [0.4, 0.5) is 17.1 Å². The molecule has 0 atom stereocenters. The van der Waals surface area contributed by atoms with E-state index in [0.29, 0.717) is 0 Å². The van der Waals surface area contributed by atoms with Crippen LogP contribution < -0.4 is 4.90 Å². The first kappa shape index (κ1) is 43.3. The number of fused-ring (bicyclic) bond motifs is 8. The van der Waals surface area contributed by atoms with E-state index in [1.54, 1.807) is 0 Å². The molecule has 0 heterocycles. The summed E-state index contributed by atoms with van der Waals surface area (Å²) in [5.74, 6) is 0. The second-order valence-electron chi connectivity index (χ2n) is 22.3. The molecule has 0 saturated carbocycles. The maximum absolute atomic E-state index is 2.60. The summed E-state index contributed by atoms with van der Waals surface area (Å²) in [5.41, 5.74) is 24.5. The van der Waals surface area contributed by atoms with Gasteiger partial charge < -0.3 is 4.90 Å². The zero-order valence-corrected chi connectivity index (χ0v) is 41.7. The Bertz CT molecular complexity index is 3670. The molecule has 0 N–H and O–H groups in total. The topological polar surface area (TPSA) is 3.24 Å². The van der Waals surface area contributed by atoms with Crippen LogP contribution in [-0.4, -0.2) is 0 Å². The van der Waals surface area contributed by atoms with Crippen LogP contribution in [-0.2, 0) is 21.7 Å². The third-order valence-electron chi connectivity index (χ3n) is 17.0. The van der Waals surface area contributed by atoms with Gasteiger partial charge in [0.15, 0.2) is 0 Å². The predicted octanol–water partition coefficient (Wildman–Crippen LogP) is 18.7. The van der Waals surface area contributed by atoms with Gasteiger partial charge in [-0.3, -0.25) is 0 Å². The van der Waals surface area contributed by atoms with E-state index in [-0.39, 0.29) is 16.2 Å². The van der Waals surface area contributed by atoms with Crippen LogP contribution >= 0.6 is 0 Å². The fourth-order valence-corrected chi connectivity index (χ4v) is 13.1. The average Bonchev–Trinajstić information content (AvgIpc) is 3.83. The third-order valence-corrected chi connectivity index (χ3v) is 17.0. The number of benzene rings is 10.